The number of hydrogen-bond donors (Lipinski definition) is 2. The normalized spacial score (nSPS) is 38.9. The lowest BCUT2D eigenvalue weighted by atomic mass is 9.43. The van der Waals surface area contributed by atoms with Crippen LogP contribution in [0, 0.1) is 28.6 Å². The molecule has 6 heteroatoms. The molecule has 7 rings (SSSR count). The average molecular weight is 504 g/mol. The highest BCUT2D eigenvalue weighted by atomic mass is 35.5. The number of rotatable bonds is 6. The van der Waals surface area contributed by atoms with Crippen LogP contribution in [0.5, 0.6) is 5.75 Å². The van der Waals surface area contributed by atoms with Gasteiger partial charge < -0.3 is 21.1 Å². The van der Waals surface area contributed by atoms with Crippen LogP contribution >= 0.6 is 12.4 Å². The van der Waals surface area contributed by atoms with Crippen molar-refractivity contribution >= 4 is 18.3 Å². The van der Waals surface area contributed by atoms with Crippen molar-refractivity contribution in [2.45, 2.75) is 83.6 Å². The minimum atomic E-state index is -0.402. The molecule has 1 heterocycles. The van der Waals surface area contributed by atoms with Crippen LogP contribution < -0.4 is 16.2 Å². The number of carbonyl (C=O) groups excluding carboxylic acids is 1. The van der Waals surface area contributed by atoms with Gasteiger partial charge in [-0.05, 0) is 111 Å². The van der Waals surface area contributed by atoms with Gasteiger partial charge in [0.2, 0.25) is 5.91 Å². The maximum Gasteiger partial charge on any atom is 0.248 e. The number of ether oxygens (including phenoxy) is 1. The van der Waals surface area contributed by atoms with Crippen LogP contribution in [0.4, 0.5) is 0 Å². The molecule has 5 nitrogen and oxygen atoms in total. The van der Waals surface area contributed by atoms with Gasteiger partial charge in [-0.3, -0.25) is 4.79 Å². The Morgan fingerprint density at radius 3 is 2.11 bits per heavy atom. The zero-order valence-corrected chi connectivity index (χ0v) is 22.6. The van der Waals surface area contributed by atoms with Gasteiger partial charge in [-0.15, -0.1) is 12.4 Å². The van der Waals surface area contributed by atoms with Gasteiger partial charge in [0.25, 0.3) is 0 Å². The number of primary amides is 1. The number of fused-ring (bicyclic) bond motifs is 1. The molecule has 35 heavy (non-hydrogen) atoms. The van der Waals surface area contributed by atoms with Crippen LogP contribution in [-0.2, 0) is 0 Å². The third kappa shape index (κ3) is 6.17. The van der Waals surface area contributed by atoms with E-state index >= 15 is 0 Å². The van der Waals surface area contributed by atoms with Crippen molar-refractivity contribution in [3.63, 3.8) is 0 Å². The molecule has 1 aliphatic heterocycles. The summed E-state index contributed by atoms with van der Waals surface area (Å²) in [4.78, 5) is 13.6. The summed E-state index contributed by atoms with van der Waals surface area (Å²) in [6.07, 6.45) is 13.6. The van der Waals surface area contributed by atoms with Crippen molar-refractivity contribution in [2.24, 2.45) is 40.1 Å². The van der Waals surface area contributed by atoms with E-state index in [9.17, 15) is 4.79 Å². The molecular formula is C29H46ClN3O2. The van der Waals surface area contributed by atoms with Gasteiger partial charge >= 0.3 is 0 Å². The molecule has 4 N–H and O–H groups in total. The van der Waals surface area contributed by atoms with E-state index in [1.165, 1.54) is 70.9 Å². The molecule has 0 radical (unpaired) electrons. The summed E-state index contributed by atoms with van der Waals surface area (Å²) in [7, 11) is 0. The molecule has 2 unspecified atom stereocenters. The molecule has 1 amide bonds. The molecular weight excluding hydrogens is 458 g/mol. The van der Waals surface area contributed by atoms with Crippen LogP contribution in [0.1, 0.15) is 88.4 Å². The molecule has 4 bridgehead atoms. The minimum absolute atomic E-state index is 0. The van der Waals surface area contributed by atoms with E-state index in [1.807, 2.05) is 0 Å². The topological polar surface area (TPSA) is 81.6 Å². The van der Waals surface area contributed by atoms with Gasteiger partial charge in [-0.25, -0.2) is 0 Å². The first-order valence-corrected chi connectivity index (χ1v) is 13.7. The van der Waals surface area contributed by atoms with E-state index in [1.54, 1.807) is 24.3 Å². The van der Waals surface area contributed by atoms with Crippen molar-refractivity contribution in [3.05, 3.63) is 29.8 Å². The van der Waals surface area contributed by atoms with Gasteiger partial charge in [0, 0.05) is 30.7 Å². The van der Waals surface area contributed by atoms with Crippen LogP contribution in [-0.4, -0.2) is 42.6 Å². The Labute approximate surface area is 218 Å². The highest BCUT2D eigenvalue weighted by Gasteiger charge is 2.58. The number of amides is 1. The Balaban J connectivity index is 0.000000177. The highest BCUT2D eigenvalue weighted by molar-refractivity contribution is 5.92. The molecule has 0 aromatic heterocycles. The fraction of sp³-hybridized carbons (Fsp3) is 0.759. The van der Waals surface area contributed by atoms with Crippen molar-refractivity contribution in [3.8, 4) is 5.75 Å². The van der Waals surface area contributed by atoms with Crippen LogP contribution in [0.25, 0.3) is 0 Å². The molecule has 0 spiro atoms. The maximum absolute atomic E-state index is 11.0. The molecule has 5 aliphatic carbocycles. The van der Waals surface area contributed by atoms with E-state index < -0.39 is 5.91 Å². The lowest BCUT2D eigenvalue weighted by Gasteiger charge is -2.64. The lowest BCUT2D eigenvalue weighted by Crippen LogP contribution is -2.62. The van der Waals surface area contributed by atoms with Crippen molar-refractivity contribution in [1.29, 1.82) is 0 Å². The number of nitrogens with two attached hydrogens (primary N) is 2. The quantitative estimate of drug-likeness (QED) is 0.509. The van der Waals surface area contributed by atoms with E-state index in [-0.39, 0.29) is 17.9 Å². The fourth-order valence-corrected chi connectivity index (χ4v) is 9.24. The second-order valence-electron chi connectivity index (χ2n) is 13.3. The van der Waals surface area contributed by atoms with Gasteiger partial charge in [-0.1, -0.05) is 20.3 Å². The zero-order valence-electron chi connectivity index (χ0n) is 21.8. The smallest absolute Gasteiger partial charge is 0.248 e. The summed E-state index contributed by atoms with van der Waals surface area (Å²) in [5.41, 5.74) is 13.6. The van der Waals surface area contributed by atoms with Gasteiger partial charge in [0.15, 0.2) is 0 Å². The molecule has 1 saturated heterocycles. The Bertz CT molecular complexity index is 828. The van der Waals surface area contributed by atoms with E-state index in [2.05, 4.69) is 18.7 Å². The maximum atomic E-state index is 11.0. The Morgan fingerprint density at radius 2 is 1.60 bits per heavy atom. The SMILES string of the molecule is C[C@]12CC3CC(N)(C1)C[C@@](C)(C3)C2.Cl.NC(=O)c1ccc(OCCCN2C[C@H]3CCC[C@H]3C2)cc1. The fourth-order valence-electron chi connectivity index (χ4n) is 9.24. The second kappa shape index (κ2) is 10.2. The lowest BCUT2D eigenvalue weighted by molar-refractivity contribution is -0.104. The predicted molar refractivity (Wildman–Crippen MR) is 144 cm³/mol. The summed E-state index contributed by atoms with van der Waals surface area (Å²) in [6.45, 7) is 9.37. The van der Waals surface area contributed by atoms with Crippen molar-refractivity contribution < 1.29 is 9.53 Å². The first kappa shape index (κ1) is 26.8. The van der Waals surface area contributed by atoms with E-state index in [4.69, 9.17) is 16.2 Å². The summed E-state index contributed by atoms with van der Waals surface area (Å²) < 4.78 is 5.72. The standard InChI is InChI=1S/C17H24N2O2.C12H21N.ClH/c18-17(20)13-5-7-16(8-6-13)21-10-2-9-19-11-14-3-1-4-15(14)12-19;1-10-3-9-4-11(2,6-10)8-12(13,5-9)7-10;/h5-8,14-15H,1-4,9-12H2,(H2,18,20);9H,3-8,13H2,1-2H3;1H/t14-,15+;9?,10-,11+,12?;. The molecule has 1 aromatic carbocycles. The number of carbonyl (C=O) groups is 1. The third-order valence-corrected chi connectivity index (χ3v) is 9.50. The Kier molecular flexibility index (Phi) is 7.81. The zero-order chi connectivity index (χ0) is 24.0. The number of halogens is 1. The molecule has 196 valence electrons. The second-order valence-corrected chi connectivity index (χ2v) is 13.3. The average Bonchev–Trinajstić information content (AvgIpc) is 3.30. The number of benzene rings is 1. The van der Waals surface area contributed by atoms with Crippen molar-refractivity contribution in [2.75, 3.05) is 26.2 Å². The molecule has 6 aliphatic rings. The molecule has 1 aromatic rings. The summed E-state index contributed by atoms with van der Waals surface area (Å²) in [5, 5.41) is 0. The van der Waals surface area contributed by atoms with Crippen molar-refractivity contribution in [1.82, 2.24) is 4.90 Å². The van der Waals surface area contributed by atoms with Gasteiger partial charge in [0.05, 0.1) is 6.61 Å². The minimum Gasteiger partial charge on any atom is -0.494 e. The monoisotopic (exact) mass is 503 g/mol. The summed E-state index contributed by atoms with van der Waals surface area (Å²) in [6, 6.07) is 7.03. The summed E-state index contributed by atoms with van der Waals surface area (Å²) >= 11 is 0. The predicted octanol–water partition coefficient (Wildman–Crippen LogP) is 5.40. The molecule has 6 atom stereocenters. The van der Waals surface area contributed by atoms with Crippen LogP contribution in [0.2, 0.25) is 0 Å². The molecule has 5 saturated carbocycles. The van der Waals surface area contributed by atoms with Gasteiger partial charge in [0.1, 0.15) is 5.75 Å². The molecule has 6 fully saturated rings. The first-order chi connectivity index (χ1) is 16.1. The third-order valence-electron chi connectivity index (χ3n) is 9.50. The first-order valence-electron chi connectivity index (χ1n) is 13.7. The van der Waals surface area contributed by atoms with E-state index in [0.717, 1.165) is 43.1 Å². The van der Waals surface area contributed by atoms with Crippen LogP contribution in [0.15, 0.2) is 24.3 Å². The van der Waals surface area contributed by atoms with Crippen LogP contribution in [0.3, 0.4) is 0 Å². The number of likely N-dealkylation sites (tertiary alicyclic amines) is 1. The highest BCUT2D eigenvalue weighted by Crippen LogP contribution is 2.65. The number of hydrogen-bond acceptors (Lipinski definition) is 4. The Hall–Kier alpha value is -1.30. The Morgan fingerprint density at radius 1 is 1.00 bits per heavy atom. The van der Waals surface area contributed by atoms with E-state index in [0.29, 0.717) is 16.4 Å². The summed E-state index contributed by atoms with van der Waals surface area (Å²) in [5.74, 6) is 3.29. The number of nitrogens with zero attached hydrogens (tertiary/aromatic N) is 1. The van der Waals surface area contributed by atoms with Gasteiger partial charge in [-0.2, -0.15) is 0 Å². The largest absolute Gasteiger partial charge is 0.494 e.